The van der Waals surface area contributed by atoms with Gasteiger partial charge in [-0.3, -0.25) is 9.59 Å². The molecule has 0 radical (unpaired) electrons. The van der Waals surface area contributed by atoms with E-state index in [0.29, 0.717) is 52.3 Å². The lowest BCUT2D eigenvalue weighted by atomic mass is 10.1. The van der Waals surface area contributed by atoms with Crippen LogP contribution in [0.3, 0.4) is 0 Å². The third kappa shape index (κ3) is 7.41. The van der Waals surface area contributed by atoms with E-state index >= 15 is 0 Å². The van der Waals surface area contributed by atoms with Crippen LogP contribution in [0.5, 0.6) is 23.0 Å². The van der Waals surface area contributed by atoms with Crippen LogP contribution in [-0.4, -0.2) is 77.9 Å². The Labute approximate surface area is 267 Å². The molecule has 1 aliphatic rings. The molecule has 46 heavy (non-hydrogen) atoms. The lowest BCUT2D eigenvalue weighted by molar-refractivity contribution is -0.142. The molecule has 2 amide bonds. The van der Waals surface area contributed by atoms with Gasteiger partial charge >= 0.3 is 0 Å². The minimum absolute atomic E-state index is 0.0508. The first-order valence-electron chi connectivity index (χ1n) is 15.2. The van der Waals surface area contributed by atoms with Crippen molar-refractivity contribution in [2.45, 2.75) is 57.7 Å². The van der Waals surface area contributed by atoms with Gasteiger partial charge in [0.05, 0.1) is 28.4 Å². The minimum Gasteiger partial charge on any atom is -0.493 e. The molecule has 4 aromatic rings. The number of hydrogen-bond donors (Lipinski definition) is 1. The summed E-state index contributed by atoms with van der Waals surface area (Å²) in [5.41, 5.74) is 1.54. The summed E-state index contributed by atoms with van der Waals surface area (Å²) in [5.74, 6) is 2.91. The number of nitrogens with one attached hydrogen (secondary N) is 1. The van der Waals surface area contributed by atoms with E-state index in [1.807, 2.05) is 18.2 Å². The molecule has 1 aliphatic carbocycles. The first-order chi connectivity index (χ1) is 22.3. The zero-order valence-electron chi connectivity index (χ0n) is 26.8. The molecule has 2 heterocycles. The number of carbonyl (C=O) groups excluding carboxylic acids is 2. The summed E-state index contributed by atoms with van der Waals surface area (Å²) in [7, 11) is 6.24. The van der Waals surface area contributed by atoms with Gasteiger partial charge in [0.15, 0.2) is 29.0 Å². The Balaban J connectivity index is 1.44. The van der Waals surface area contributed by atoms with Gasteiger partial charge in [-0.15, -0.1) is 10.2 Å². The molecular formula is C33H40N6O7. The highest BCUT2D eigenvalue weighted by atomic mass is 16.5. The number of tetrazole rings is 1. The van der Waals surface area contributed by atoms with Crippen LogP contribution in [-0.2, 0) is 22.6 Å². The highest BCUT2D eigenvalue weighted by Gasteiger charge is 2.35. The summed E-state index contributed by atoms with van der Waals surface area (Å²) >= 11 is 0. The molecule has 0 saturated heterocycles. The van der Waals surface area contributed by atoms with Gasteiger partial charge in [0.2, 0.25) is 11.7 Å². The molecule has 1 atom stereocenters. The van der Waals surface area contributed by atoms with Crippen molar-refractivity contribution < 1.29 is 33.0 Å². The number of benzene rings is 2. The Hall–Kier alpha value is -5.07. The van der Waals surface area contributed by atoms with Gasteiger partial charge in [-0.1, -0.05) is 18.9 Å². The zero-order valence-corrected chi connectivity index (χ0v) is 26.8. The number of amides is 2. The Morgan fingerprint density at radius 3 is 2.26 bits per heavy atom. The number of hydrogen-bond acceptors (Lipinski definition) is 10. The topological polar surface area (TPSA) is 143 Å². The maximum atomic E-state index is 14.1. The Morgan fingerprint density at radius 1 is 0.935 bits per heavy atom. The number of aromatic nitrogens is 4. The maximum Gasteiger partial charge on any atom is 0.250 e. The molecule has 1 fully saturated rings. The van der Waals surface area contributed by atoms with Crippen molar-refractivity contribution in [2.24, 2.45) is 0 Å². The predicted octanol–water partition coefficient (Wildman–Crippen LogP) is 4.15. The van der Waals surface area contributed by atoms with Crippen molar-refractivity contribution in [2.75, 3.05) is 35.0 Å². The monoisotopic (exact) mass is 632 g/mol. The lowest BCUT2D eigenvalue weighted by Gasteiger charge is -2.30. The first kappa shape index (κ1) is 32.3. The smallest absolute Gasteiger partial charge is 0.250 e. The lowest BCUT2D eigenvalue weighted by Crippen LogP contribution is -2.47. The second-order valence-corrected chi connectivity index (χ2v) is 11.1. The van der Waals surface area contributed by atoms with Crippen LogP contribution in [0.15, 0.2) is 52.9 Å². The molecule has 0 bridgehead atoms. The largest absolute Gasteiger partial charge is 0.493 e. The van der Waals surface area contributed by atoms with Crippen LogP contribution in [0.4, 0.5) is 0 Å². The van der Waals surface area contributed by atoms with Crippen LogP contribution in [0, 0.1) is 6.92 Å². The highest BCUT2D eigenvalue weighted by molar-refractivity contribution is 5.88. The van der Waals surface area contributed by atoms with Gasteiger partial charge in [0, 0.05) is 18.2 Å². The van der Waals surface area contributed by atoms with Crippen LogP contribution >= 0.6 is 0 Å². The molecule has 0 aliphatic heterocycles. The van der Waals surface area contributed by atoms with Crippen LogP contribution < -0.4 is 24.3 Å². The van der Waals surface area contributed by atoms with Crippen molar-refractivity contribution in [3.63, 3.8) is 0 Å². The Kier molecular flexibility index (Phi) is 10.4. The third-order valence-corrected chi connectivity index (χ3v) is 8.07. The highest BCUT2D eigenvalue weighted by Crippen LogP contribution is 2.32. The van der Waals surface area contributed by atoms with Crippen molar-refractivity contribution >= 4 is 11.8 Å². The van der Waals surface area contributed by atoms with Gasteiger partial charge in [-0.25, -0.2) is 0 Å². The van der Waals surface area contributed by atoms with E-state index < -0.39 is 6.04 Å². The predicted molar refractivity (Wildman–Crippen MR) is 168 cm³/mol. The first-order valence-corrected chi connectivity index (χ1v) is 15.2. The SMILES string of the molecule is COc1ccc(CCN(C(=O)Cn2nnc(-c3ccc(OC)c(OC)c3)n2)[C@@H](C(=O)NC2CCCC2)c2ccc(C)o2)cc1OC. The van der Waals surface area contributed by atoms with Gasteiger partial charge in [-0.05, 0) is 79.4 Å². The van der Waals surface area contributed by atoms with E-state index in [1.54, 1.807) is 65.7 Å². The number of aryl methyl sites for hydroxylation is 1. The standard InChI is InChI=1S/C33H40N6O7/c1-21-10-13-27(46-21)31(33(41)34-24-8-6-7-9-24)38(17-16-22-11-14-25(42-2)28(18-22)44-4)30(40)20-39-36-32(35-37-39)23-12-15-26(43-3)29(19-23)45-5/h10-15,18-19,24,31H,6-9,16-17,20H2,1-5H3,(H,34,41)/t31-/m1/s1. The summed E-state index contributed by atoms with van der Waals surface area (Å²) in [6.07, 6.45) is 4.34. The van der Waals surface area contributed by atoms with Crippen LogP contribution in [0.25, 0.3) is 11.4 Å². The Bertz CT molecular complexity index is 1640. The van der Waals surface area contributed by atoms with Crippen molar-refractivity contribution in [3.8, 4) is 34.4 Å². The fourth-order valence-corrected chi connectivity index (χ4v) is 5.67. The van der Waals surface area contributed by atoms with E-state index in [9.17, 15) is 9.59 Å². The number of nitrogens with zero attached hydrogens (tertiary/aromatic N) is 5. The minimum atomic E-state index is -1.00. The van der Waals surface area contributed by atoms with Gasteiger partial charge in [-0.2, -0.15) is 4.80 Å². The quantitative estimate of drug-likeness (QED) is 0.215. The van der Waals surface area contributed by atoms with Gasteiger partial charge in [0.1, 0.15) is 18.1 Å². The second-order valence-electron chi connectivity index (χ2n) is 11.1. The van der Waals surface area contributed by atoms with Crippen LogP contribution in [0.1, 0.15) is 48.8 Å². The number of ether oxygens (including phenoxy) is 4. The number of furan rings is 1. The molecule has 5 rings (SSSR count). The fourth-order valence-electron chi connectivity index (χ4n) is 5.67. The van der Waals surface area contributed by atoms with Crippen molar-refractivity contribution in [3.05, 3.63) is 65.6 Å². The van der Waals surface area contributed by atoms with Gasteiger partial charge in [0.25, 0.3) is 5.91 Å². The second kappa shape index (κ2) is 14.8. The molecule has 1 N–H and O–H groups in total. The molecule has 0 unspecified atom stereocenters. The molecular weight excluding hydrogens is 592 g/mol. The fraction of sp³-hybridized carbons (Fsp3) is 0.424. The van der Waals surface area contributed by atoms with Crippen LogP contribution in [0.2, 0.25) is 0 Å². The summed E-state index contributed by atoms with van der Waals surface area (Å²) in [5, 5.41) is 15.9. The van der Waals surface area contributed by atoms with E-state index in [0.717, 1.165) is 31.2 Å². The molecule has 13 nitrogen and oxygen atoms in total. The number of rotatable bonds is 14. The normalized spacial score (nSPS) is 13.7. The van der Waals surface area contributed by atoms with E-state index in [-0.39, 0.29) is 30.9 Å². The van der Waals surface area contributed by atoms with Crippen molar-refractivity contribution in [1.82, 2.24) is 30.4 Å². The Morgan fingerprint density at radius 2 is 1.61 bits per heavy atom. The molecule has 1 saturated carbocycles. The average molecular weight is 633 g/mol. The molecule has 13 heteroatoms. The van der Waals surface area contributed by atoms with Crippen molar-refractivity contribution in [1.29, 1.82) is 0 Å². The third-order valence-electron chi connectivity index (χ3n) is 8.07. The van der Waals surface area contributed by atoms with Gasteiger partial charge < -0.3 is 33.6 Å². The molecule has 2 aromatic heterocycles. The van der Waals surface area contributed by atoms with E-state index in [4.69, 9.17) is 23.4 Å². The summed E-state index contributed by atoms with van der Waals surface area (Å²) < 4.78 is 27.6. The summed E-state index contributed by atoms with van der Waals surface area (Å²) in [4.78, 5) is 30.8. The average Bonchev–Trinajstić information content (AvgIpc) is 3.85. The zero-order chi connectivity index (χ0) is 32.6. The molecule has 244 valence electrons. The van der Waals surface area contributed by atoms with E-state index in [2.05, 4.69) is 20.7 Å². The maximum absolute atomic E-state index is 14.1. The molecule has 0 spiro atoms. The molecule has 2 aromatic carbocycles. The van der Waals surface area contributed by atoms with E-state index in [1.165, 1.54) is 9.70 Å². The number of methoxy groups -OCH3 is 4. The summed E-state index contributed by atoms with van der Waals surface area (Å²) in [6, 6.07) is 13.4. The number of carbonyl (C=O) groups is 2. The summed E-state index contributed by atoms with van der Waals surface area (Å²) in [6.45, 7) is 1.76.